The molecule has 0 saturated carbocycles. The number of amides is 3. The van der Waals surface area contributed by atoms with Crippen LogP contribution in [0.3, 0.4) is 0 Å². The maximum atomic E-state index is 11.5. The zero-order valence-electron chi connectivity index (χ0n) is 15.6. The second-order valence-corrected chi connectivity index (χ2v) is 8.27. The van der Waals surface area contributed by atoms with Gasteiger partial charge >= 0.3 is 6.03 Å². The Morgan fingerprint density at radius 3 is 1.88 bits per heavy atom. The third-order valence-electron chi connectivity index (χ3n) is 2.88. The molecule has 26 heavy (non-hydrogen) atoms. The molecule has 0 heterocycles. The Hall–Kier alpha value is -1.47. The van der Waals surface area contributed by atoms with E-state index in [0.29, 0.717) is 32.7 Å². The second-order valence-electron chi connectivity index (χ2n) is 6.78. The van der Waals surface area contributed by atoms with Crippen LogP contribution in [0.15, 0.2) is 0 Å². The Labute approximate surface area is 155 Å². The van der Waals surface area contributed by atoms with E-state index in [2.05, 4.69) is 26.6 Å². The van der Waals surface area contributed by atoms with Gasteiger partial charge in [0.15, 0.2) is 0 Å². The highest BCUT2D eigenvalue weighted by Crippen LogP contribution is 1.96. The Kier molecular flexibility index (Phi) is 11.3. The van der Waals surface area contributed by atoms with Gasteiger partial charge in [-0.05, 0) is 20.8 Å². The summed E-state index contributed by atoms with van der Waals surface area (Å²) in [6.07, 6.45) is 0. The van der Waals surface area contributed by atoms with Gasteiger partial charge in [0.2, 0.25) is 5.91 Å². The summed E-state index contributed by atoms with van der Waals surface area (Å²) >= 11 is 0. The van der Waals surface area contributed by atoms with E-state index in [9.17, 15) is 18.0 Å². The van der Waals surface area contributed by atoms with E-state index in [1.165, 1.54) is 0 Å². The average Bonchev–Trinajstić information content (AvgIpc) is 2.45. The molecule has 0 spiro atoms. The first kappa shape index (κ1) is 24.5. The molecule has 154 valence electrons. The summed E-state index contributed by atoms with van der Waals surface area (Å²) in [7, 11) is -4.27. The second kappa shape index (κ2) is 12.0. The van der Waals surface area contributed by atoms with E-state index in [-0.39, 0.29) is 18.1 Å². The molecular formula is C14H32N6O5S. The van der Waals surface area contributed by atoms with Crippen molar-refractivity contribution in [3.8, 4) is 0 Å². The predicted octanol–water partition coefficient (Wildman–Crippen LogP) is -2.41. The van der Waals surface area contributed by atoms with Crippen molar-refractivity contribution in [3.05, 3.63) is 0 Å². The first-order valence-corrected chi connectivity index (χ1v) is 9.97. The number of rotatable bonds is 12. The highest BCUT2D eigenvalue weighted by molar-refractivity contribution is 7.85. The van der Waals surface area contributed by atoms with Crippen LogP contribution >= 0.6 is 0 Å². The van der Waals surface area contributed by atoms with E-state index in [4.69, 9.17) is 10.3 Å². The lowest BCUT2D eigenvalue weighted by Gasteiger charge is -2.20. The minimum absolute atomic E-state index is 0.208. The zero-order chi connectivity index (χ0) is 20.2. The van der Waals surface area contributed by atoms with Crippen LogP contribution in [0.5, 0.6) is 0 Å². The van der Waals surface area contributed by atoms with Gasteiger partial charge in [-0.15, -0.1) is 0 Å². The third kappa shape index (κ3) is 16.0. The molecule has 8 N–H and O–H groups in total. The summed E-state index contributed by atoms with van der Waals surface area (Å²) in [5.41, 5.74) is 5.08. The third-order valence-corrected chi connectivity index (χ3v) is 3.66. The highest BCUT2D eigenvalue weighted by atomic mass is 32.2. The molecule has 0 aliphatic heterocycles. The van der Waals surface area contributed by atoms with Crippen LogP contribution in [0.1, 0.15) is 20.8 Å². The van der Waals surface area contributed by atoms with Crippen LogP contribution in [0.25, 0.3) is 0 Å². The van der Waals surface area contributed by atoms with Crippen LogP contribution in [-0.2, 0) is 14.9 Å². The SMILES string of the molecule is CC(C)(C)NC(=O)NCCNCCNCCNC(=O)[C@@H](N)CS(=O)(=O)O. The highest BCUT2D eigenvalue weighted by Gasteiger charge is 2.19. The van der Waals surface area contributed by atoms with Crippen LogP contribution < -0.4 is 32.3 Å². The molecule has 0 rings (SSSR count). The molecule has 0 saturated heterocycles. The van der Waals surface area contributed by atoms with Gasteiger partial charge in [-0.2, -0.15) is 8.42 Å². The van der Waals surface area contributed by atoms with Gasteiger partial charge < -0.3 is 32.3 Å². The first-order valence-electron chi connectivity index (χ1n) is 8.36. The van der Waals surface area contributed by atoms with Crippen molar-refractivity contribution in [2.24, 2.45) is 5.73 Å². The summed E-state index contributed by atoms with van der Waals surface area (Å²) in [6.45, 7) is 8.94. The normalized spacial score (nSPS) is 13.1. The minimum Gasteiger partial charge on any atom is -0.353 e. The molecule has 0 aromatic heterocycles. The molecule has 0 bridgehead atoms. The van der Waals surface area contributed by atoms with Crippen molar-refractivity contribution in [1.82, 2.24) is 26.6 Å². The van der Waals surface area contributed by atoms with Crippen LogP contribution in [0, 0.1) is 0 Å². The number of nitrogens with two attached hydrogens (primary N) is 1. The predicted molar refractivity (Wildman–Crippen MR) is 99.4 cm³/mol. The van der Waals surface area contributed by atoms with Crippen molar-refractivity contribution in [2.75, 3.05) is 45.0 Å². The Bertz CT molecular complexity index is 534. The monoisotopic (exact) mass is 396 g/mol. The molecule has 0 aliphatic carbocycles. The fraction of sp³-hybridized carbons (Fsp3) is 0.857. The standard InChI is InChI=1S/C14H32N6O5S/c1-14(2,3)20-13(22)19-9-7-17-5-4-16-6-8-18-12(21)11(15)10-26(23,24)25/h11,16-17H,4-10,15H2,1-3H3,(H,18,21)(H2,19,20,22)(H,23,24,25)/t11-/m0/s1. The van der Waals surface area contributed by atoms with Gasteiger partial charge in [-0.25, -0.2) is 4.79 Å². The van der Waals surface area contributed by atoms with Gasteiger partial charge in [0.05, 0.1) is 5.75 Å². The molecule has 11 nitrogen and oxygen atoms in total. The van der Waals surface area contributed by atoms with Gasteiger partial charge in [-0.3, -0.25) is 9.35 Å². The van der Waals surface area contributed by atoms with Crippen molar-refractivity contribution < 1.29 is 22.6 Å². The average molecular weight is 397 g/mol. The quantitative estimate of drug-likeness (QED) is 0.141. The molecule has 0 radical (unpaired) electrons. The van der Waals surface area contributed by atoms with Crippen molar-refractivity contribution in [2.45, 2.75) is 32.4 Å². The number of urea groups is 1. The molecule has 0 aliphatic rings. The van der Waals surface area contributed by atoms with E-state index < -0.39 is 27.8 Å². The number of carbonyl (C=O) groups is 2. The summed E-state index contributed by atoms with van der Waals surface area (Å²) in [5.74, 6) is -1.44. The summed E-state index contributed by atoms with van der Waals surface area (Å²) in [5, 5.41) is 14.2. The minimum atomic E-state index is -4.27. The van der Waals surface area contributed by atoms with E-state index in [1.54, 1.807) is 0 Å². The summed E-state index contributed by atoms with van der Waals surface area (Å²) in [4.78, 5) is 23.0. The number of carbonyl (C=O) groups excluding carboxylic acids is 2. The number of hydrogen-bond donors (Lipinski definition) is 7. The maximum absolute atomic E-state index is 11.5. The summed E-state index contributed by atoms with van der Waals surface area (Å²) in [6, 6.07) is -1.50. The molecule has 1 atom stereocenters. The molecule has 0 unspecified atom stereocenters. The van der Waals surface area contributed by atoms with Crippen LogP contribution in [-0.4, -0.2) is 81.5 Å². The smallest absolute Gasteiger partial charge is 0.315 e. The molecule has 12 heteroatoms. The van der Waals surface area contributed by atoms with Gasteiger partial charge in [0, 0.05) is 44.8 Å². The zero-order valence-corrected chi connectivity index (χ0v) is 16.4. The Balaban J connectivity index is 3.52. The molecular weight excluding hydrogens is 364 g/mol. The van der Waals surface area contributed by atoms with Crippen molar-refractivity contribution in [1.29, 1.82) is 0 Å². The Morgan fingerprint density at radius 1 is 0.962 bits per heavy atom. The molecule has 0 aromatic rings. The fourth-order valence-electron chi connectivity index (χ4n) is 1.78. The van der Waals surface area contributed by atoms with Crippen LogP contribution in [0.4, 0.5) is 4.79 Å². The van der Waals surface area contributed by atoms with E-state index >= 15 is 0 Å². The lowest BCUT2D eigenvalue weighted by molar-refractivity contribution is -0.121. The number of hydrogen-bond acceptors (Lipinski definition) is 7. The van der Waals surface area contributed by atoms with E-state index in [0.717, 1.165) is 0 Å². The molecule has 3 amide bonds. The fourth-order valence-corrected chi connectivity index (χ4v) is 2.39. The maximum Gasteiger partial charge on any atom is 0.315 e. The summed E-state index contributed by atoms with van der Waals surface area (Å²) < 4.78 is 29.8. The lowest BCUT2D eigenvalue weighted by Crippen LogP contribution is -2.48. The van der Waals surface area contributed by atoms with Crippen molar-refractivity contribution >= 4 is 22.1 Å². The van der Waals surface area contributed by atoms with Gasteiger partial charge in [0.1, 0.15) is 6.04 Å². The topological polar surface area (TPSA) is 175 Å². The first-order chi connectivity index (χ1) is 11.9. The van der Waals surface area contributed by atoms with Crippen LogP contribution in [0.2, 0.25) is 0 Å². The largest absolute Gasteiger partial charge is 0.353 e. The number of nitrogens with one attached hydrogen (secondary N) is 5. The van der Waals surface area contributed by atoms with Gasteiger partial charge in [0.25, 0.3) is 10.1 Å². The Morgan fingerprint density at radius 2 is 1.42 bits per heavy atom. The van der Waals surface area contributed by atoms with Crippen molar-refractivity contribution in [3.63, 3.8) is 0 Å². The van der Waals surface area contributed by atoms with E-state index in [1.807, 2.05) is 20.8 Å². The molecule has 0 aromatic carbocycles. The molecule has 0 fully saturated rings. The lowest BCUT2D eigenvalue weighted by atomic mass is 10.1. The van der Waals surface area contributed by atoms with Gasteiger partial charge in [-0.1, -0.05) is 0 Å².